The van der Waals surface area contributed by atoms with E-state index in [4.69, 9.17) is 51.1 Å². The molecule has 0 heterocycles. The number of alkyl halides is 4. The van der Waals surface area contributed by atoms with Crippen molar-refractivity contribution < 1.29 is 23.8 Å². The van der Waals surface area contributed by atoms with E-state index in [1.54, 1.807) is 0 Å². The van der Waals surface area contributed by atoms with Gasteiger partial charge in [-0.25, -0.2) is 9.59 Å². The maximum absolute atomic E-state index is 11.0. The van der Waals surface area contributed by atoms with Crippen LogP contribution >= 0.6 is 46.4 Å². The van der Waals surface area contributed by atoms with Crippen LogP contribution in [0.25, 0.3) is 0 Å². The molecule has 0 aromatic rings. The van der Waals surface area contributed by atoms with Gasteiger partial charge in [-0.1, -0.05) is 0 Å². The second-order valence-corrected chi connectivity index (χ2v) is 5.25. The van der Waals surface area contributed by atoms with Crippen LogP contribution in [0.4, 0.5) is 9.59 Å². The molecule has 19 heavy (non-hydrogen) atoms. The predicted molar refractivity (Wildman–Crippen MR) is 70.7 cm³/mol. The highest BCUT2D eigenvalue weighted by atomic mass is 35.5. The lowest BCUT2D eigenvalue weighted by molar-refractivity contribution is -0.0283. The number of hydrogen-bond acceptors (Lipinski definition) is 5. The highest BCUT2D eigenvalue weighted by Crippen LogP contribution is 2.16. The van der Waals surface area contributed by atoms with Crippen molar-refractivity contribution in [2.75, 3.05) is 14.2 Å². The summed E-state index contributed by atoms with van der Waals surface area (Å²) in [5.74, 6) is 0. The first kappa shape index (κ1) is 18.7. The summed E-state index contributed by atoms with van der Waals surface area (Å²) < 4.78 is 13.9. The standard InChI is InChI=1S/C8H12Cl4N2O5/c1-17-7(15)13-5(3(9)10)19-6(4(11)12)14-8(16)18-2/h3-6H,1-2H3,(H,13,15)(H,14,16)/t5-,6-/m0/s1. The molecular weight excluding hydrogens is 346 g/mol. The zero-order valence-electron chi connectivity index (χ0n) is 9.86. The molecule has 0 unspecified atom stereocenters. The van der Waals surface area contributed by atoms with Gasteiger partial charge in [0, 0.05) is 0 Å². The first-order valence-corrected chi connectivity index (χ1v) is 6.47. The van der Waals surface area contributed by atoms with Crippen molar-refractivity contribution in [3.05, 3.63) is 0 Å². The van der Waals surface area contributed by atoms with Gasteiger partial charge in [-0.2, -0.15) is 0 Å². The molecule has 2 atom stereocenters. The van der Waals surface area contributed by atoms with Crippen LogP contribution in [0.3, 0.4) is 0 Å². The van der Waals surface area contributed by atoms with Crippen molar-refractivity contribution in [2.24, 2.45) is 0 Å². The number of alkyl carbamates (subject to hydrolysis) is 2. The zero-order chi connectivity index (χ0) is 15.0. The Labute approximate surface area is 129 Å². The molecule has 11 heteroatoms. The quantitative estimate of drug-likeness (QED) is 0.560. The lowest BCUT2D eigenvalue weighted by atomic mass is 10.5. The predicted octanol–water partition coefficient (Wildman–Crippen LogP) is 1.97. The van der Waals surface area contributed by atoms with Gasteiger partial charge in [-0.15, -0.1) is 46.4 Å². The fourth-order valence-corrected chi connectivity index (χ4v) is 1.31. The number of carbonyl (C=O) groups excluding carboxylic acids is 2. The Morgan fingerprint density at radius 2 is 1.16 bits per heavy atom. The lowest BCUT2D eigenvalue weighted by Gasteiger charge is -2.26. The SMILES string of the molecule is COC(=O)N[C@@H](O[C@H](NC(=O)OC)C(Cl)Cl)C(Cl)Cl. The Balaban J connectivity index is 4.65. The minimum Gasteiger partial charge on any atom is -0.453 e. The number of amides is 2. The minimum absolute atomic E-state index is 0.839. The van der Waals surface area contributed by atoms with E-state index in [1.807, 2.05) is 0 Å². The summed E-state index contributed by atoms with van der Waals surface area (Å²) in [6, 6.07) is 0. The summed E-state index contributed by atoms with van der Waals surface area (Å²) in [6.07, 6.45) is -4.10. The summed E-state index contributed by atoms with van der Waals surface area (Å²) in [7, 11) is 2.28. The summed E-state index contributed by atoms with van der Waals surface area (Å²) in [6.45, 7) is 0. The maximum atomic E-state index is 11.0. The summed E-state index contributed by atoms with van der Waals surface area (Å²) >= 11 is 22.4. The fraction of sp³-hybridized carbons (Fsp3) is 0.750. The second kappa shape index (κ2) is 9.55. The molecule has 112 valence electrons. The number of carbonyl (C=O) groups is 2. The van der Waals surface area contributed by atoms with Gasteiger partial charge in [0.1, 0.15) is 0 Å². The van der Waals surface area contributed by atoms with Crippen LogP contribution in [0, 0.1) is 0 Å². The van der Waals surface area contributed by atoms with Crippen LogP contribution in [0.5, 0.6) is 0 Å². The Morgan fingerprint density at radius 1 is 0.842 bits per heavy atom. The Hall–Kier alpha value is -0.340. The first-order chi connectivity index (χ1) is 8.81. The van der Waals surface area contributed by atoms with E-state index >= 15 is 0 Å². The molecule has 0 aliphatic rings. The summed E-state index contributed by atoms with van der Waals surface area (Å²) in [4.78, 5) is 19.8. The highest BCUT2D eigenvalue weighted by molar-refractivity contribution is 6.45. The number of rotatable bonds is 6. The molecule has 7 nitrogen and oxygen atoms in total. The Kier molecular flexibility index (Phi) is 9.38. The third kappa shape index (κ3) is 7.74. The van der Waals surface area contributed by atoms with Gasteiger partial charge < -0.3 is 14.2 Å². The van der Waals surface area contributed by atoms with Gasteiger partial charge in [-0.3, -0.25) is 10.6 Å². The van der Waals surface area contributed by atoms with Crippen molar-refractivity contribution in [3.63, 3.8) is 0 Å². The first-order valence-electron chi connectivity index (χ1n) is 4.72. The smallest absolute Gasteiger partial charge is 0.408 e. The minimum atomic E-state index is -1.21. The Bertz CT molecular complexity index is 277. The average molecular weight is 358 g/mol. The van der Waals surface area contributed by atoms with Gasteiger partial charge in [0.25, 0.3) is 0 Å². The van der Waals surface area contributed by atoms with E-state index in [2.05, 4.69) is 20.1 Å². The molecule has 0 rings (SSSR count). The van der Waals surface area contributed by atoms with E-state index in [-0.39, 0.29) is 0 Å². The van der Waals surface area contributed by atoms with Crippen molar-refractivity contribution in [3.8, 4) is 0 Å². The molecule has 0 saturated carbocycles. The van der Waals surface area contributed by atoms with Crippen molar-refractivity contribution in [1.29, 1.82) is 0 Å². The van der Waals surface area contributed by atoms with Gasteiger partial charge >= 0.3 is 12.2 Å². The number of halogens is 4. The van der Waals surface area contributed by atoms with E-state index in [9.17, 15) is 9.59 Å². The molecule has 0 bridgehead atoms. The van der Waals surface area contributed by atoms with Crippen LogP contribution in [0.15, 0.2) is 0 Å². The Morgan fingerprint density at radius 3 is 1.37 bits per heavy atom. The summed E-state index contributed by atoms with van der Waals surface area (Å²) in [5, 5.41) is 4.37. The van der Waals surface area contributed by atoms with Gasteiger partial charge in [0.2, 0.25) is 0 Å². The van der Waals surface area contributed by atoms with Gasteiger partial charge in [0.15, 0.2) is 22.1 Å². The number of nitrogens with one attached hydrogen (secondary N) is 2. The number of methoxy groups -OCH3 is 2. The highest BCUT2D eigenvalue weighted by Gasteiger charge is 2.29. The molecule has 0 fully saturated rings. The van der Waals surface area contributed by atoms with E-state index in [0.29, 0.717) is 0 Å². The monoisotopic (exact) mass is 356 g/mol. The lowest BCUT2D eigenvalue weighted by Crippen LogP contribution is -2.50. The maximum Gasteiger partial charge on any atom is 0.408 e. The van der Waals surface area contributed by atoms with E-state index < -0.39 is 34.3 Å². The van der Waals surface area contributed by atoms with Crippen LogP contribution in [-0.4, -0.2) is 48.5 Å². The number of hydrogen-bond donors (Lipinski definition) is 2. The molecule has 0 spiro atoms. The van der Waals surface area contributed by atoms with Crippen LogP contribution in [0.1, 0.15) is 0 Å². The molecule has 0 aromatic heterocycles. The van der Waals surface area contributed by atoms with E-state index in [1.165, 1.54) is 0 Å². The largest absolute Gasteiger partial charge is 0.453 e. The number of ether oxygens (including phenoxy) is 3. The summed E-state index contributed by atoms with van der Waals surface area (Å²) in [5.41, 5.74) is 0. The molecule has 2 N–H and O–H groups in total. The van der Waals surface area contributed by atoms with Crippen LogP contribution < -0.4 is 10.6 Å². The molecule has 2 amide bonds. The molecule has 0 aromatic carbocycles. The van der Waals surface area contributed by atoms with Crippen LogP contribution in [-0.2, 0) is 14.2 Å². The van der Waals surface area contributed by atoms with Crippen molar-refractivity contribution in [1.82, 2.24) is 10.6 Å². The molecule has 0 aliphatic carbocycles. The van der Waals surface area contributed by atoms with Gasteiger partial charge in [0.05, 0.1) is 14.2 Å². The zero-order valence-corrected chi connectivity index (χ0v) is 12.9. The molecule has 0 radical (unpaired) electrons. The van der Waals surface area contributed by atoms with Gasteiger partial charge in [-0.05, 0) is 0 Å². The normalized spacial score (nSPS) is 13.9. The fourth-order valence-electron chi connectivity index (χ4n) is 0.821. The van der Waals surface area contributed by atoms with E-state index in [0.717, 1.165) is 14.2 Å². The van der Waals surface area contributed by atoms with Crippen molar-refractivity contribution in [2.45, 2.75) is 22.1 Å². The van der Waals surface area contributed by atoms with Crippen LogP contribution in [0.2, 0.25) is 0 Å². The van der Waals surface area contributed by atoms with Crippen molar-refractivity contribution >= 4 is 58.6 Å². The third-order valence-electron chi connectivity index (χ3n) is 1.64. The molecule has 0 aliphatic heterocycles. The molecule has 0 saturated heterocycles. The second-order valence-electron chi connectivity index (χ2n) is 2.92. The third-order valence-corrected chi connectivity index (χ3v) is 2.56. The molecular formula is C8H12Cl4N2O5. The average Bonchev–Trinajstić information content (AvgIpc) is 2.35. The topological polar surface area (TPSA) is 85.9 Å².